The van der Waals surface area contributed by atoms with Crippen LogP contribution >= 0.6 is 11.3 Å². The molecule has 0 aliphatic carbocycles. The lowest BCUT2D eigenvalue weighted by molar-refractivity contribution is 0.0962. The number of thiazole rings is 1. The summed E-state index contributed by atoms with van der Waals surface area (Å²) in [5.74, 6) is -0.263. The molecule has 1 aromatic carbocycles. The third-order valence-corrected chi connectivity index (χ3v) is 4.23. The van der Waals surface area contributed by atoms with Crippen molar-refractivity contribution in [1.82, 2.24) is 9.72 Å². The van der Waals surface area contributed by atoms with Crippen molar-refractivity contribution in [3.05, 3.63) is 46.6 Å². The van der Waals surface area contributed by atoms with Gasteiger partial charge in [-0.1, -0.05) is 35.5 Å². The topological polar surface area (TPSA) is 60.4 Å². The fourth-order valence-electron chi connectivity index (χ4n) is 2.14. The smallest absolute Gasteiger partial charge is 0.318 e. The van der Waals surface area contributed by atoms with Crippen LogP contribution in [-0.4, -0.2) is 15.6 Å². The Hall–Kier alpha value is -2.21. The van der Waals surface area contributed by atoms with Gasteiger partial charge in [0.05, 0.1) is 16.4 Å². The van der Waals surface area contributed by atoms with Gasteiger partial charge in [-0.2, -0.15) is 4.99 Å². The van der Waals surface area contributed by atoms with Crippen LogP contribution in [0.4, 0.5) is 0 Å². The molecule has 1 amide bonds. The second-order valence-electron chi connectivity index (χ2n) is 4.35. The van der Waals surface area contributed by atoms with Crippen LogP contribution in [0.25, 0.3) is 10.2 Å². The van der Waals surface area contributed by atoms with Crippen molar-refractivity contribution in [2.24, 2.45) is 12.0 Å². The number of amides is 1. The Morgan fingerprint density at radius 1 is 1.45 bits per heavy atom. The molecule has 6 heteroatoms. The monoisotopic (exact) mass is 287 g/mol. The maximum absolute atomic E-state index is 12.0. The second-order valence-corrected chi connectivity index (χ2v) is 5.36. The lowest BCUT2D eigenvalue weighted by Crippen LogP contribution is -2.13. The summed E-state index contributed by atoms with van der Waals surface area (Å²) in [6, 6.07) is 7.67. The van der Waals surface area contributed by atoms with E-state index in [4.69, 9.17) is 4.52 Å². The highest BCUT2D eigenvalue weighted by Gasteiger charge is 2.11. The first-order chi connectivity index (χ1) is 9.70. The van der Waals surface area contributed by atoms with Gasteiger partial charge in [0.25, 0.3) is 0 Å². The fraction of sp³-hybridized carbons (Fsp3) is 0.214. The van der Waals surface area contributed by atoms with Crippen molar-refractivity contribution in [3.63, 3.8) is 0 Å². The summed E-state index contributed by atoms with van der Waals surface area (Å²) in [5, 5.41) is 3.52. The van der Waals surface area contributed by atoms with Crippen molar-refractivity contribution in [2.45, 2.75) is 13.3 Å². The zero-order valence-electron chi connectivity index (χ0n) is 11.2. The zero-order chi connectivity index (χ0) is 14.1. The summed E-state index contributed by atoms with van der Waals surface area (Å²) >= 11 is 1.49. The Bertz CT molecular complexity index is 828. The molecule has 0 aliphatic rings. The predicted molar refractivity (Wildman–Crippen MR) is 76.6 cm³/mol. The average Bonchev–Trinajstić information content (AvgIpc) is 3.08. The number of hydrogen-bond donors (Lipinski definition) is 0. The fourth-order valence-corrected chi connectivity index (χ4v) is 3.21. The number of benzene rings is 1. The first kappa shape index (κ1) is 12.8. The van der Waals surface area contributed by atoms with E-state index >= 15 is 0 Å². The van der Waals surface area contributed by atoms with Crippen LogP contribution in [0.15, 0.2) is 40.0 Å². The minimum absolute atomic E-state index is 0.151. The van der Waals surface area contributed by atoms with Crippen LogP contribution in [0, 0.1) is 0 Å². The van der Waals surface area contributed by atoms with Gasteiger partial charge in [-0.05, 0) is 18.1 Å². The van der Waals surface area contributed by atoms with Crippen molar-refractivity contribution in [2.75, 3.05) is 0 Å². The van der Waals surface area contributed by atoms with E-state index in [2.05, 4.69) is 23.1 Å². The Morgan fingerprint density at radius 2 is 2.30 bits per heavy atom. The number of nitrogens with zero attached hydrogens (tertiary/aromatic N) is 3. The van der Waals surface area contributed by atoms with Gasteiger partial charge in [0.1, 0.15) is 0 Å². The largest absolute Gasteiger partial charge is 0.351 e. The number of aromatic nitrogens is 2. The molecule has 0 saturated carbocycles. The highest BCUT2D eigenvalue weighted by molar-refractivity contribution is 7.16. The van der Waals surface area contributed by atoms with E-state index in [1.165, 1.54) is 29.2 Å². The Morgan fingerprint density at radius 3 is 3.00 bits per heavy atom. The SMILES string of the molecule is CCc1cccc2sc(=NC(=O)c3ccno3)n(C)c12. The summed E-state index contributed by atoms with van der Waals surface area (Å²) in [6.45, 7) is 2.11. The summed E-state index contributed by atoms with van der Waals surface area (Å²) in [5.41, 5.74) is 2.37. The van der Waals surface area contributed by atoms with Crippen LogP contribution < -0.4 is 4.80 Å². The average molecular weight is 287 g/mol. The van der Waals surface area contributed by atoms with Crippen LogP contribution in [0.3, 0.4) is 0 Å². The molecule has 5 nitrogen and oxygen atoms in total. The summed E-state index contributed by atoms with van der Waals surface area (Å²) in [6.07, 6.45) is 2.38. The van der Waals surface area contributed by atoms with Gasteiger partial charge >= 0.3 is 5.91 Å². The minimum Gasteiger partial charge on any atom is -0.351 e. The van der Waals surface area contributed by atoms with E-state index in [1.807, 2.05) is 23.7 Å². The number of carbonyl (C=O) groups is 1. The molecule has 0 N–H and O–H groups in total. The Labute approximate surface area is 119 Å². The molecule has 3 aromatic rings. The molecule has 20 heavy (non-hydrogen) atoms. The quantitative estimate of drug-likeness (QED) is 0.727. The molecule has 2 aromatic heterocycles. The number of rotatable bonds is 2. The lowest BCUT2D eigenvalue weighted by Gasteiger charge is -2.01. The normalized spacial score (nSPS) is 12.2. The van der Waals surface area contributed by atoms with Crippen molar-refractivity contribution < 1.29 is 9.32 Å². The van der Waals surface area contributed by atoms with Crippen LogP contribution in [0.5, 0.6) is 0 Å². The van der Waals surface area contributed by atoms with Crippen molar-refractivity contribution >= 4 is 27.5 Å². The highest BCUT2D eigenvalue weighted by atomic mass is 32.1. The summed E-state index contributed by atoms with van der Waals surface area (Å²) in [4.78, 5) is 16.7. The van der Waals surface area contributed by atoms with Crippen molar-refractivity contribution in [3.8, 4) is 0 Å². The molecular formula is C14H13N3O2S. The molecule has 0 unspecified atom stereocenters. The maximum atomic E-state index is 12.0. The lowest BCUT2D eigenvalue weighted by atomic mass is 10.1. The van der Waals surface area contributed by atoms with Gasteiger partial charge in [0.15, 0.2) is 4.80 Å². The minimum atomic E-state index is -0.414. The Kier molecular flexibility index (Phi) is 3.23. The molecule has 102 valence electrons. The molecule has 0 saturated heterocycles. The standard InChI is InChI=1S/C14H13N3O2S/c1-3-9-5-4-6-11-12(9)17(2)14(20-11)16-13(18)10-7-8-15-19-10/h4-8H,3H2,1-2H3. The van der Waals surface area contributed by atoms with Crippen LogP contribution in [-0.2, 0) is 13.5 Å². The van der Waals surface area contributed by atoms with Gasteiger partial charge in [-0.25, -0.2) is 0 Å². The Balaban J connectivity index is 2.18. The van der Waals surface area contributed by atoms with Gasteiger partial charge < -0.3 is 9.09 Å². The number of para-hydroxylation sites is 1. The van der Waals surface area contributed by atoms with Crippen LogP contribution in [0.2, 0.25) is 0 Å². The second kappa shape index (κ2) is 5.05. The van der Waals surface area contributed by atoms with Crippen molar-refractivity contribution in [1.29, 1.82) is 0 Å². The zero-order valence-corrected chi connectivity index (χ0v) is 12.0. The molecule has 3 rings (SSSR count). The third-order valence-electron chi connectivity index (χ3n) is 3.13. The highest BCUT2D eigenvalue weighted by Crippen LogP contribution is 2.21. The molecule has 0 atom stereocenters. The summed E-state index contributed by atoms with van der Waals surface area (Å²) in [7, 11) is 1.92. The van der Waals surface area contributed by atoms with E-state index in [0.29, 0.717) is 4.80 Å². The van der Waals surface area contributed by atoms with E-state index in [9.17, 15) is 4.79 Å². The number of carbonyl (C=O) groups excluding carboxylic acids is 1. The number of fused-ring (bicyclic) bond motifs is 1. The van der Waals surface area contributed by atoms with Gasteiger partial charge in [0.2, 0.25) is 5.76 Å². The number of hydrogen-bond acceptors (Lipinski definition) is 4. The van der Waals surface area contributed by atoms with Gasteiger partial charge in [-0.15, -0.1) is 0 Å². The van der Waals surface area contributed by atoms with E-state index < -0.39 is 5.91 Å². The molecular weight excluding hydrogens is 274 g/mol. The summed E-state index contributed by atoms with van der Waals surface area (Å²) < 4.78 is 7.90. The number of aryl methyl sites for hydroxylation is 2. The van der Waals surface area contributed by atoms with Gasteiger partial charge in [0, 0.05) is 13.1 Å². The first-order valence-electron chi connectivity index (χ1n) is 6.28. The third kappa shape index (κ3) is 2.08. The van der Waals surface area contributed by atoms with E-state index in [0.717, 1.165) is 16.6 Å². The van der Waals surface area contributed by atoms with E-state index in [-0.39, 0.29) is 5.76 Å². The van der Waals surface area contributed by atoms with Gasteiger partial charge in [-0.3, -0.25) is 4.79 Å². The molecule has 0 fully saturated rings. The first-order valence-corrected chi connectivity index (χ1v) is 7.09. The molecule has 2 heterocycles. The predicted octanol–water partition coefficient (Wildman–Crippen LogP) is 2.53. The molecule has 0 radical (unpaired) electrons. The molecule has 0 aliphatic heterocycles. The van der Waals surface area contributed by atoms with Crippen LogP contribution in [0.1, 0.15) is 23.0 Å². The molecule has 0 spiro atoms. The molecule has 0 bridgehead atoms. The van der Waals surface area contributed by atoms with E-state index in [1.54, 1.807) is 0 Å². The maximum Gasteiger partial charge on any atom is 0.318 e.